The van der Waals surface area contributed by atoms with Crippen LogP contribution >= 0.6 is 0 Å². The highest BCUT2D eigenvalue weighted by Gasteiger charge is 2.27. The van der Waals surface area contributed by atoms with Gasteiger partial charge in [-0.1, -0.05) is 6.07 Å². The van der Waals surface area contributed by atoms with Crippen LogP contribution in [0.25, 0.3) is 16.9 Å². The van der Waals surface area contributed by atoms with Gasteiger partial charge in [0.25, 0.3) is 5.91 Å². The van der Waals surface area contributed by atoms with E-state index in [4.69, 9.17) is 5.26 Å². The first-order valence-corrected chi connectivity index (χ1v) is 10.9. The third kappa shape index (κ3) is 5.42. The van der Waals surface area contributed by atoms with Gasteiger partial charge in [-0.2, -0.15) is 10.4 Å². The van der Waals surface area contributed by atoms with Gasteiger partial charge in [0.1, 0.15) is 12.2 Å². The van der Waals surface area contributed by atoms with Crippen molar-refractivity contribution in [1.82, 2.24) is 24.9 Å². The van der Waals surface area contributed by atoms with E-state index in [-0.39, 0.29) is 12.1 Å². The van der Waals surface area contributed by atoms with E-state index in [9.17, 15) is 14.3 Å². The maximum atomic E-state index is 14.2. The third-order valence-corrected chi connectivity index (χ3v) is 5.43. The van der Waals surface area contributed by atoms with Crippen LogP contribution in [0.5, 0.6) is 0 Å². The van der Waals surface area contributed by atoms with Crippen LogP contribution in [0, 0.1) is 11.3 Å². The number of hydrogen-bond acceptors (Lipinski definition) is 7. The van der Waals surface area contributed by atoms with E-state index in [1.807, 2.05) is 30.3 Å². The Morgan fingerprint density at radius 2 is 2.06 bits per heavy atom. The number of rotatable bonds is 8. The van der Waals surface area contributed by atoms with E-state index in [1.165, 1.54) is 26.2 Å². The monoisotopic (exact) mass is 473 g/mol. The van der Waals surface area contributed by atoms with Crippen molar-refractivity contribution in [3.8, 4) is 17.5 Å². The maximum Gasteiger partial charge on any atom is 0.255 e. The van der Waals surface area contributed by atoms with Crippen LogP contribution in [0.4, 0.5) is 10.1 Å². The third-order valence-electron chi connectivity index (χ3n) is 5.43. The van der Waals surface area contributed by atoms with Crippen LogP contribution in [0.1, 0.15) is 35.5 Å². The molecule has 0 saturated carbocycles. The van der Waals surface area contributed by atoms with E-state index in [1.54, 1.807) is 22.8 Å². The lowest BCUT2D eigenvalue weighted by molar-refractivity contribution is -0.00177. The summed E-state index contributed by atoms with van der Waals surface area (Å²) in [6.07, 6.45) is 2.91. The number of anilines is 1. The summed E-state index contributed by atoms with van der Waals surface area (Å²) in [6, 6.07) is 14.7. The predicted molar refractivity (Wildman–Crippen MR) is 128 cm³/mol. The van der Waals surface area contributed by atoms with E-state index in [2.05, 4.69) is 31.8 Å². The Morgan fingerprint density at radius 3 is 2.77 bits per heavy atom. The second kappa shape index (κ2) is 9.87. The number of fused-ring (bicyclic) bond motifs is 1. The predicted octanol–water partition coefficient (Wildman–Crippen LogP) is 3.11. The van der Waals surface area contributed by atoms with E-state index >= 15 is 0 Å². The Balaban J connectivity index is 1.66. The smallest absolute Gasteiger partial charge is 0.255 e. The zero-order valence-electron chi connectivity index (χ0n) is 19.2. The quantitative estimate of drug-likeness (QED) is 0.359. The molecule has 0 aliphatic rings. The molecule has 0 aliphatic carbocycles. The summed E-state index contributed by atoms with van der Waals surface area (Å²) in [4.78, 5) is 21.6. The molecule has 1 amide bonds. The van der Waals surface area contributed by atoms with Gasteiger partial charge in [0.05, 0.1) is 64.3 Å². The number of nitrogens with zero attached hydrogens (tertiary/aromatic N) is 5. The molecule has 4 aromatic heterocycles. The second-order valence-electron chi connectivity index (χ2n) is 8.53. The van der Waals surface area contributed by atoms with Gasteiger partial charge in [-0.25, -0.2) is 8.91 Å². The van der Waals surface area contributed by atoms with Gasteiger partial charge in [0.15, 0.2) is 0 Å². The summed E-state index contributed by atoms with van der Waals surface area (Å²) in [7, 11) is 0. The molecule has 3 N–H and O–H groups in total. The highest BCUT2D eigenvalue weighted by Crippen LogP contribution is 2.26. The minimum Gasteiger partial charge on any atom is -0.387 e. The Bertz CT molecular complexity index is 1390. The van der Waals surface area contributed by atoms with Crippen molar-refractivity contribution in [2.24, 2.45) is 0 Å². The molecule has 1 atom stereocenters. The molecule has 0 bridgehead atoms. The van der Waals surface area contributed by atoms with Gasteiger partial charge >= 0.3 is 0 Å². The van der Waals surface area contributed by atoms with Gasteiger partial charge in [0, 0.05) is 12.4 Å². The van der Waals surface area contributed by atoms with E-state index < -0.39 is 17.7 Å². The van der Waals surface area contributed by atoms with Crippen LogP contribution in [0.15, 0.2) is 61.1 Å². The Kier molecular flexibility index (Phi) is 6.71. The standard InChI is InChI=1S/C25H24FN7O2/c1-25(2,35)23(26)15-31-24(34)19-14-30-21(10-20(19)29-13-17-5-3-4-8-28-17)22-7-6-18-9-16(11-27)12-32-33(18)22/h3-10,12,14,23,35H,13,15H2,1-2H3,(H,29,30)(H,31,34). The van der Waals surface area contributed by atoms with Crippen LogP contribution in [0.3, 0.4) is 0 Å². The lowest BCUT2D eigenvalue weighted by atomic mass is 10.0. The molecule has 4 heterocycles. The number of carbonyl (C=O) groups is 1. The number of alkyl halides is 1. The summed E-state index contributed by atoms with van der Waals surface area (Å²) in [5, 5.41) is 29.0. The van der Waals surface area contributed by atoms with Crippen molar-refractivity contribution in [3.05, 3.63) is 77.9 Å². The molecule has 4 rings (SSSR count). The number of aromatic nitrogens is 4. The molecule has 0 fully saturated rings. The fourth-order valence-corrected chi connectivity index (χ4v) is 3.39. The SMILES string of the molecule is CC(C)(O)C(F)CNC(=O)c1cnc(-c2ccc3cc(C#N)cnn23)cc1NCc1ccccn1. The fourth-order valence-electron chi connectivity index (χ4n) is 3.39. The zero-order chi connectivity index (χ0) is 25.0. The molecule has 0 spiro atoms. The lowest BCUT2D eigenvalue weighted by Crippen LogP contribution is -2.42. The Hall–Kier alpha value is -4.36. The largest absolute Gasteiger partial charge is 0.387 e. The van der Waals surface area contributed by atoms with Crippen LogP contribution in [-0.2, 0) is 6.54 Å². The van der Waals surface area contributed by atoms with Crippen molar-refractivity contribution in [3.63, 3.8) is 0 Å². The number of hydrogen-bond donors (Lipinski definition) is 3. The molecular formula is C25H24FN7O2. The molecule has 178 valence electrons. The number of pyridine rings is 2. The number of nitriles is 1. The fraction of sp³-hybridized carbons (Fsp3) is 0.240. The van der Waals surface area contributed by atoms with E-state index in [0.717, 1.165) is 11.2 Å². The van der Waals surface area contributed by atoms with Crippen molar-refractivity contribution in [2.75, 3.05) is 11.9 Å². The molecular weight excluding hydrogens is 449 g/mol. The molecule has 0 saturated heterocycles. The minimum atomic E-state index is -1.64. The van der Waals surface area contributed by atoms with Crippen LogP contribution in [-0.4, -0.2) is 48.9 Å². The topological polar surface area (TPSA) is 128 Å². The van der Waals surface area contributed by atoms with Crippen molar-refractivity contribution in [1.29, 1.82) is 5.26 Å². The summed E-state index contributed by atoms with van der Waals surface area (Å²) in [6.45, 7) is 2.68. The lowest BCUT2D eigenvalue weighted by Gasteiger charge is -2.22. The van der Waals surface area contributed by atoms with Gasteiger partial charge in [-0.15, -0.1) is 0 Å². The van der Waals surface area contributed by atoms with Crippen molar-refractivity contribution in [2.45, 2.75) is 32.2 Å². The number of halogens is 1. The molecule has 1 unspecified atom stereocenters. The van der Waals surface area contributed by atoms with Gasteiger partial charge in [-0.05, 0) is 50.2 Å². The number of aliphatic hydroxyl groups is 1. The van der Waals surface area contributed by atoms with E-state index in [0.29, 0.717) is 29.2 Å². The molecule has 0 aromatic carbocycles. The molecule has 9 nitrogen and oxygen atoms in total. The Morgan fingerprint density at radius 1 is 1.23 bits per heavy atom. The first kappa shape index (κ1) is 23.8. The average Bonchev–Trinajstić information content (AvgIpc) is 3.29. The normalized spacial score (nSPS) is 12.2. The summed E-state index contributed by atoms with van der Waals surface area (Å²) < 4.78 is 15.8. The maximum absolute atomic E-state index is 14.2. The first-order valence-electron chi connectivity index (χ1n) is 10.9. The summed E-state index contributed by atoms with van der Waals surface area (Å²) in [5.41, 5.74) is 2.26. The Labute approximate surface area is 201 Å². The van der Waals surface area contributed by atoms with Crippen molar-refractivity contribution >= 4 is 17.1 Å². The van der Waals surface area contributed by atoms with Gasteiger partial charge in [-0.3, -0.25) is 14.8 Å². The van der Waals surface area contributed by atoms with Gasteiger partial charge in [0.2, 0.25) is 0 Å². The van der Waals surface area contributed by atoms with Crippen LogP contribution in [0.2, 0.25) is 0 Å². The second-order valence-corrected chi connectivity index (χ2v) is 8.53. The summed E-state index contributed by atoms with van der Waals surface area (Å²) in [5.74, 6) is -0.531. The number of amides is 1. The highest BCUT2D eigenvalue weighted by atomic mass is 19.1. The molecule has 0 radical (unpaired) electrons. The average molecular weight is 474 g/mol. The minimum absolute atomic E-state index is 0.216. The first-order chi connectivity index (χ1) is 16.8. The molecule has 4 aromatic rings. The number of nitrogens with one attached hydrogen (secondary N) is 2. The van der Waals surface area contributed by atoms with Crippen LogP contribution < -0.4 is 10.6 Å². The molecule has 10 heteroatoms. The van der Waals surface area contributed by atoms with Gasteiger partial charge < -0.3 is 15.7 Å². The van der Waals surface area contributed by atoms with Crippen molar-refractivity contribution < 1.29 is 14.3 Å². The zero-order valence-corrected chi connectivity index (χ0v) is 19.2. The summed E-state index contributed by atoms with van der Waals surface area (Å²) >= 11 is 0. The highest BCUT2D eigenvalue weighted by molar-refractivity contribution is 6.00. The molecule has 0 aliphatic heterocycles. The molecule has 35 heavy (non-hydrogen) atoms. The number of carbonyl (C=O) groups excluding carboxylic acids is 1.